The number of guanidine groups is 1. The summed E-state index contributed by atoms with van der Waals surface area (Å²) >= 11 is 3.58. The minimum Gasteiger partial charge on any atom is -0.489 e. The van der Waals surface area contributed by atoms with E-state index < -0.39 is 148 Å². The molecule has 0 spiro atoms. The number of benzene rings is 11. The van der Waals surface area contributed by atoms with Crippen LogP contribution in [0.15, 0.2) is 282 Å². The van der Waals surface area contributed by atoms with E-state index in [1.807, 2.05) is 146 Å². The number of aryl methyl sites for hydroxylation is 1. The van der Waals surface area contributed by atoms with Gasteiger partial charge in [-0.2, -0.15) is 0 Å². The maximum Gasteiger partial charge on any atom is 0.408 e. The van der Waals surface area contributed by atoms with E-state index in [9.17, 15) is 42.0 Å². The highest BCUT2D eigenvalue weighted by molar-refractivity contribution is 9.10. The average Bonchev–Trinajstić information content (AvgIpc) is 1.62. The van der Waals surface area contributed by atoms with Crippen LogP contribution < -0.4 is 67.9 Å². The van der Waals surface area contributed by atoms with Gasteiger partial charge in [0.2, 0.25) is 47.3 Å². The molecule has 0 aliphatic heterocycles. The van der Waals surface area contributed by atoms with Gasteiger partial charge in [-0.05, 0) is 200 Å². The van der Waals surface area contributed by atoms with Crippen molar-refractivity contribution < 1.29 is 89.6 Å². The number of sulfonamides is 1. The number of hydrogen-bond donors (Lipinski definition) is 13. The molecular formula is C113H124BrN13O19S. The topological polar surface area (TPSA) is 453 Å². The predicted octanol–water partition coefficient (Wildman–Crippen LogP) is 14.2. The van der Waals surface area contributed by atoms with Crippen molar-refractivity contribution >= 4 is 114 Å². The van der Waals surface area contributed by atoms with Crippen molar-refractivity contribution in [1.82, 2.24) is 63.2 Å². The molecule has 34 heteroatoms. The molecule has 2 aliphatic carbocycles. The number of nitrogens with one attached hydrogen (secondary N) is 13. The van der Waals surface area contributed by atoms with E-state index >= 15 is 24.0 Å². The maximum atomic E-state index is 15.9. The van der Waals surface area contributed by atoms with Crippen molar-refractivity contribution in [3.63, 3.8) is 0 Å². The van der Waals surface area contributed by atoms with E-state index in [2.05, 4.69) is 79.1 Å². The van der Waals surface area contributed by atoms with Crippen molar-refractivity contribution in [2.24, 2.45) is 0 Å². The highest BCUT2D eigenvalue weighted by Gasteiger charge is 2.38. The third-order valence-corrected chi connectivity index (χ3v) is 27.3. The first-order valence-electron chi connectivity index (χ1n) is 49.2. The molecule has 2 aliphatic rings. The van der Waals surface area contributed by atoms with E-state index in [0.717, 1.165) is 70.9 Å². The van der Waals surface area contributed by atoms with Gasteiger partial charge in [-0.1, -0.05) is 264 Å². The summed E-state index contributed by atoms with van der Waals surface area (Å²) in [7, 11) is -4.31. The standard InChI is InChI=1S/C113H124BrN13O19S/c1-72-48-56-82(57-49-72)147(140,141)127-109(115)116-62-28-47-96(105(133)124-98(66-77-50-53-78-33-12-13-34-79(78)63-77)103(131)119-67-101(129)120-97(58-59-102(130)143-68-76-31-10-7-11-32-76)106(134)121-94(73(2)128)45-24-26-60-117-110(137)144-70-91-87-40-19-15-36-83(87)84-37-16-20-41-88(84)91)122-104(132)95(46-25-27-61-118-111(138)145-71-92-89-42-21-17-38-85(89)86-39-18-22-43-90(86)92)123-107(135)99(65-75-51-54-81(55-52-75)142-69-80-35-14-23-44-93(80)114)125-108(136)100(64-74-29-8-6-9-30-74)126-112(139)146-113(3,4)5/h6-23,29-44,48-57,63,91-92,94-100H,24-28,45-47,58-62,64-71H2,1-5H3,(H,117,137)(H,118,138)(H,119,131)(H,120,129)(H,121,134)(H,122,132)(H,123,135)(H,124,133)(H,125,136)(H,126,139)(H3,115,116,127)/t94-,95-,96+,97+,98-,99-,100-/m0/s1. The normalized spacial score (nSPS) is 13.3. The van der Waals surface area contributed by atoms with E-state index in [0.29, 0.717) is 40.8 Å². The van der Waals surface area contributed by atoms with Crippen molar-refractivity contribution in [3.05, 3.63) is 333 Å². The second kappa shape index (κ2) is 53.3. The number of hydrogen-bond acceptors (Lipinski definition) is 20. The summed E-state index contributed by atoms with van der Waals surface area (Å²) in [4.78, 5) is 174. The summed E-state index contributed by atoms with van der Waals surface area (Å²) in [5, 5.41) is 40.6. The number of ketones is 1. The smallest absolute Gasteiger partial charge is 0.408 e. The molecule has 13 N–H and O–H groups in total. The molecule has 768 valence electrons. The summed E-state index contributed by atoms with van der Waals surface area (Å²) in [6, 6.07) is 71.8. The monoisotopic (exact) mass is 2080 g/mol. The molecule has 0 heterocycles. The average molecular weight is 2080 g/mol. The number of rotatable bonds is 50. The van der Waals surface area contributed by atoms with Gasteiger partial charge in [0, 0.05) is 67.2 Å². The van der Waals surface area contributed by atoms with Crippen molar-refractivity contribution in [2.75, 3.05) is 39.4 Å². The first-order valence-corrected chi connectivity index (χ1v) is 51.5. The number of esters is 1. The molecule has 0 aromatic heterocycles. The van der Waals surface area contributed by atoms with Gasteiger partial charge in [-0.15, -0.1) is 0 Å². The van der Waals surface area contributed by atoms with Gasteiger partial charge >= 0.3 is 24.2 Å². The second-order valence-corrected chi connectivity index (χ2v) is 39.8. The Morgan fingerprint density at radius 3 is 1.35 bits per heavy atom. The zero-order valence-electron chi connectivity index (χ0n) is 82.6. The van der Waals surface area contributed by atoms with Crippen LogP contribution in [-0.4, -0.2) is 173 Å². The second-order valence-electron chi connectivity index (χ2n) is 37.3. The fraction of sp³-hybridized carbons (Fsp3) is 0.319. The summed E-state index contributed by atoms with van der Waals surface area (Å²) in [6.07, 6.45) is -3.25. The van der Waals surface area contributed by atoms with Gasteiger partial charge in [0.1, 0.15) is 74.0 Å². The maximum absolute atomic E-state index is 15.9. The Morgan fingerprint density at radius 1 is 0.388 bits per heavy atom. The van der Waals surface area contributed by atoms with Gasteiger partial charge in [0.05, 0.1) is 17.5 Å². The number of fused-ring (bicyclic) bond motifs is 7. The highest BCUT2D eigenvalue weighted by atomic mass is 79.9. The van der Waals surface area contributed by atoms with Gasteiger partial charge < -0.3 is 82.2 Å². The quantitative estimate of drug-likeness (QED) is 0.00554. The molecule has 0 bridgehead atoms. The zero-order valence-corrected chi connectivity index (χ0v) is 85.0. The Hall–Kier alpha value is -15.6. The lowest BCUT2D eigenvalue weighted by atomic mass is 9.98. The van der Waals surface area contributed by atoms with Crippen molar-refractivity contribution in [2.45, 2.75) is 196 Å². The van der Waals surface area contributed by atoms with Gasteiger partial charge in [-0.25, -0.2) is 27.5 Å². The molecule has 0 saturated carbocycles. The van der Waals surface area contributed by atoms with Crippen LogP contribution >= 0.6 is 15.9 Å². The Labute approximate surface area is 863 Å². The fourth-order valence-corrected chi connectivity index (χ4v) is 18.9. The van der Waals surface area contributed by atoms with E-state index in [-0.39, 0.29) is 127 Å². The van der Waals surface area contributed by atoms with Crippen LogP contribution in [0.2, 0.25) is 0 Å². The Kier molecular flexibility index (Phi) is 39.4. The van der Waals surface area contributed by atoms with Crippen LogP contribution in [0, 0.1) is 12.3 Å². The lowest BCUT2D eigenvalue weighted by Gasteiger charge is -2.28. The molecule has 11 aromatic rings. The fourth-order valence-electron chi connectivity index (χ4n) is 17.5. The molecule has 147 heavy (non-hydrogen) atoms. The van der Waals surface area contributed by atoms with Crippen LogP contribution in [0.3, 0.4) is 0 Å². The molecular weight excluding hydrogens is 1960 g/mol. The van der Waals surface area contributed by atoms with Crippen LogP contribution in [0.25, 0.3) is 33.0 Å². The lowest BCUT2D eigenvalue weighted by Crippen LogP contribution is -2.60. The largest absolute Gasteiger partial charge is 0.489 e. The number of unbranched alkanes of at least 4 members (excludes halogenated alkanes) is 2. The summed E-state index contributed by atoms with van der Waals surface area (Å²) in [5.41, 5.74) is 11.3. The number of carbonyl (C=O) groups excluding carboxylic acids is 12. The van der Waals surface area contributed by atoms with E-state index in [1.54, 1.807) is 143 Å². The molecule has 10 amide bonds. The minimum absolute atomic E-state index is 0.00469. The first kappa shape index (κ1) is 109. The van der Waals surface area contributed by atoms with E-state index in [4.69, 9.17) is 29.1 Å². The Morgan fingerprint density at radius 2 is 0.816 bits per heavy atom. The third kappa shape index (κ3) is 32.7. The molecule has 0 radical (unpaired) electrons. The van der Waals surface area contributed by atoms with Crippen LogP contribution in [0.4, 0.5) is 14.4 Å². The molecule has 0 unspecified atom stereocenters. The number of carbonyl (C=O) groups is 12. The number of Topliss-reactive ketones (excluding diaryl/α,β-unsaturated/α-hetero) is 1. The number of alkyl carbamates (subject to hydrolysis) is 3. The first-order chi connectivity index (χ1) is 70.8. The molecule has 0 fully saturated rings. The lowest BCUT2D eigenvalue weighted by molar-refractivity contribution is -0.145. The van der Waals surface area contributed by atoms with Crippen molar-refractivity contribution in [1.29, 1.82) is 5.41 Å². The van der Waals surface area contributed by atoms with Crippen LogP contribution in [-0.2, 0) is 105 Å². The number of halogens is 1. The molecule has 11 aromatic carbocycles. The van der Waals surface area contributed by atoms with Gasteiger partial charge in [-0.3, -0.25) is 48.6 Å². The number of ether oxygens (including phenoxy) is 5. The van der Waals surface area contributed by atoms with Crippen LogP contribution in [0.1, 0.15) is 159 Å². The van der Waals surface area contributed by atoms with E-state index in [1.165, 1.54) is 19.1 Å². The molecule has 7 atom stereocenters. The predicted molar refractivity (Wildman–Crippen MR) is 561 cm³/mol. The molecule has 0 saturated heterocycles. The summed E-state index contributed by atoms with van der Waals surface area (Å²) in [5.74, 6) is -8.27. The SMILES string of the molecule is CC(=O)[C@H](CCCCNC(=O)OCC1c2ccccc2-c2ccccc21)NC(=O)[C@@H](CCC(=O)OCc1ccccc1)NC(=O)CNC(=O)[C@H](Cc1ccc2ccccc2c1)NC(=O)[C@@H](CCCNC(=N)NS(=O)(=O)c1ccc(C)cc1)NC(=O)[C@H](CCCCNC(=O)OCC1c2ccccc2-c2ccccc21)NC(=O)[C@H](Cc1ccc(OCc2ccccc2Br)cc1)NC(=O)[C@H](Cc1ccccc1)NC(=O)OC(C)(C)C. The van der Waals surface area contributed by atoms with Gasteiger partial charge in [0.25, 0.3) is 10.0 Å². The summed E-state index contributed by atoms with van der Waals surface area (Å²) < 4.78 is 59.2. The Bertz CT molecular complexity index is 6500. The third-order valence-electron chi connectivity index (χ3n) is 25.2. The van der Waals surface area contributed by atoms with Crippen molar-refractivity contribution in [3.8, 4) is 28.0 Å². The molecule has 32 nitrogen and oxygen atoms in total. The minimum atomic E-state index is -4.31. The number of amides is 10. The zero-order chi connectivity index (χ0) is 104. The Balaban J connectivity index is 0.754. The summed E-state index contributed by atoms with van der Waals surface area (Å²) in [6.45, 7) is 7.31. The van der Waals surface area contributed by atoms with Crippen LogP contribution in [0.5, 0.6) is 5.75 Å². The molecule has 13 rings (SSSR count). The highest BCUT2D eigenvalue weighted by Crippen LogP contribution is 2.46. The van der Waals surface area contributed by atoms with Gasteiger partial charge in [0.15, 0.2) is 5.78 Å².